The Hall–Kier alpha value is -1.47. The number of carbonyl (C=O) groups excluding carboxylic acids is 3. The Morgan fingerprint density at radius 2 is 1.55 bits per heavy atom. The standard InChI is InChI=1S/C15H23N2O5/c1-14(2)8-10(9-15(3,4)17(14)21)7-13(20)22-16-11(18)5-6-12(16)19/h10H,5-9H2,1-4H3. The van der Waals surface area contributed by atoms with E-state index in [1.54, 1.807) is 0 Å². The number of imide groups is 1. The fourth-order valence-electron chi connectivity index (χ4n) is 3.65. The molecule has 2 aliphatic rings. The number of hydrogen-bond donors (Lipinski definition) is 0. The molecule has 0 saturated carbocycles. The summed E-state index contributed by atoms with van der Waals surface area (Å²) in [5.41, 5.74) is -1.13. The van der Waals surface area contributed by atoms with Gasteiger partial charge in [-0.1, -0.05) is 0 Å². The first-order valence-corrected chi connectivity index (χ1v) is 7.57. The summed E-state index contributed by atoms with van der Waals surface area (Å²) in [5, 5.41) is 13.9. The minimum atomic E-state index is -0.598. The highest BCUT2D eigenvalue weighted by Crippen LogP contribution is 2.41. The number of amides is 2. The average molecular weight is 311 g/mol. The van der Waals surface area contributed by atoms with E-state index in [2.05, 4.69) is 0 Å². The van der Waals surface area contributed by atoms with Gasteiger partial charge in [0.15, 0.2) is 0 Å². The molecule has 0 aromatic carbocycles. The summed E-state index contributed by atoms with van der Waals surface area (Å²) >= 11 is 0. The largest absolute Gasteiger partial charge is 0.333 e. The van der Waals surface area contributed by atoms with Gasteiger partial charge in [-0.05, 0) is 46.5 Å². The van der Waals surface area contributed by atoms with Crippen LogP contribution in [0.15, 0.2) is 0 Å². The normalized spacial score (nSPS) is 25.6. The zero-order chi connectivity index (χ0) is 16.7. The average Bonchev–Trinajstić information content (AvgIpc) is 2.67. The molecule has 7 heteroatoms. The van der Waals surface area contributed by atoms with E-state index < -0.39 is 28.9 Å². The third kappa shape index (κ3) is 3.30. The second kappa shape index (κ2) is 5.62. The van der Waals surface area contributed by atoms with Crippen LogP contribution < -0.4 is 0 Å². The van der Waals surface area contributed by atoms with E-state index in [0.717, 1.165) is 5.06 Å². The molecule has 0 unspecified atom stereocenters. The molecule has 2 heterocycles. The number of nitrogens with zero attached hydrogens (tertiary/aromatic N) is 2. The first kappa shape index (κ1) is 16.9. The number of hydrogen-bond acceptors (Lipinski definition) is 5. The minimum absolute atomic E-state index is 0.0180. The van der Waals surface area contributed by atoms with Crippen molar-refractivity contribution in [2.75, 3.05) is 0 Å². The maximum absolute atomic E-state index is 12.3. The van der Waals surface area contributed by atoms with E-state index in [4.69, 9.17) is 4.84 Å². The molecule has 22 heavy (non-hydrogen) atoms. The molecule has 0 aromatic rings. The predicted octanol–water partition coefficient (Wildman–Crippen LogP) is 1.60. The molecule has 0 aromatic heterocycles. The summed E-state index contributed by atoms with van der Waals surface area (Å²) in [5.74, 6) is -1.57. The second-order valence-corrected chi connectivity index (χ2v) is 7.44. The quantitative estimate of drug-likeness (QED) is 0.739. The van der Waals surface area contributed by atoms with Gasteiger partial charge in [0.2, 0.25) is 0 Å². The number of carbonyl (C=O) groups is 3. The monoisotopic (exact) mass is 311 g/mol. The van der Waals surface area contributed by atoms with Crippen molar-refractivity contribution < 1.29 is 24.4 Å². The molecule has 0 bridgehead atoms. The Bertz CT molecular complexity index is 466. The zero-order valence-corrected chi connectivity index (χ0v) is 13.5. The van der Waals surface area contributed by atoms with Crippen molar-refractivity contribution in [3.8, 4) is 0 Å². The fourth-order valence-corrected chi connectivity index (χ4v) is 3.65. The summed E-state index contributed by atoms with van der Waals surface area (Å²) < 4.78 is 0. The van der Waals surface area contributed by atoms with Gasteiger partial charge in [0.25, 0.3) is 11.8 Å². The molecule has 2 saturated heterocycles. The number of piperidine rings is 1. The van der Waals surface area contributed by atoms with Crippen LogP contribution in [0.4, 0.5) is 0 Å². The molecular formula is C15H23N2O5. The van der Waals surface area contributed by atoms with Crippen LogP contribution in [-0.2, 0) is 24.4 Å². The Balaban J connectivity index is 1.97. The smallest absolute Gasteiger partial charge is 0.330 e. The van der Waals surface area contributed by atoms with Crippen LogP contribution in [0.5, 0.6) is 0 Å². The van der Waals surface area contributed by atoms with Crippen LogP contribution in [0.2, 0.25) is 0 Å². The highest BCUT2D eigenvalue weighted by atomic mass is 16.7. The highest BCUT2D eigenvalue weighted by Gasteiger charge is 2.46. The van der Waals surface area contributed by atoms with Crippen LogP contribution in [0.3, 0.4) is 0 Å². The molecule has 123 valence electrons. The topological polar surface area (TPSA) is 86.8 Å². The molecular weight excluding hydrogens is 288 g/mol. The lowest BCUT2D eigenvalue weighted by atomic mass is 9.74. The molecule has 2 amide bonds. The Morgan fingerprint density at radius 3 is 2.00 bits per heavy atom. The van der Waals surface area contributed by atoms with Crippen molar-refractivity contribution in [3.63, 3.8) is 0 Å². The van der Waals surface area contributed by atoms with Crippen LogP contribution in [0.25, 0.3) is 0 Å². The first-order valence-electron chi connectivity index (χ1n) is 7.57. The number of hydroxylamine groups is 4. The predicted molar refractivity (Wildman–Crippen MR) is 75.2 cm³/mol. The molecule has 2 rings (SSSR count). The first-order chi connectivity index (χ1) is 10.0. The Labute approximate surface area is 130 Å². The van der Waals surface area contributed by atoms with Crippen molar-refractivity contribution in [1.29, 1.82) is 0 Å². The van der Waals surface area contributed by atoms with Gasteiger partial charge in [0.1, 0.15) is 0 Å². The lowest BCUT2D eigenvalue weighted by Gasteiger charge is -2.49. The van der Waals surface area contributed by atoms with E-state index in [0.29, 0.717) is 17.9 Å². The molecule has 0 N–H and O–H groups in total. The third-order valence-corrected chi connectivity index (χ3v) is 4.33. The lowest BCUT2D eigenvalue weighted by Crippen LogP contribution is -2.58. The van der Waals surface area contributed by atoms with E-state index in [1.165, 1.54) is 0 Å². The minimum Gasteiger partial charge on any atom is -0.330 e. The van der Waals surface area contributed by atoms with Crippen molar-refractivity contribution in [2.45, 2.75) is 70.9 Å². The lowest BCUT2D eigenvalue weighted by molar-refractivity contribution is -0.294. The van der Waals surface area contributed by atoms with Gasteiger partial charge in [0, 0.05) is 23.9 Å². The zero-order valence-electron chi connectivity index (χ0n) is 13.5. The van der Waals surface area contributed by atoms with Crippen molar-refractivity contribution >= 4 is 17.8 Å². The summed E-state index contributed by atoms with van der Waals surface area (Å²) in [6.45, 7) is 7.42. The van der Waals surface area contributed by atoms with Crippen LogP contribution >= 0.6 is 0 Å². The summed E-state index contributed by atoms with van der Waals surface area (Å²) in [6, 6.07) is 0. The summed E-state index contributed by atoms with van der Waals surface area (Å²) in [6.07, 6.45) is 1.40. The van der Waals surface area contributed by atoms with Gasteiger partial charge >= 0.3 is 5.97 Å². The molecule has 2 aliphatic heterocycles. The maximum Gasteiger partial charge on any atom is 0.333 e. The maximum atomic E-state index is 12.3. The molecule has 2 fully saturated rings. The van der Waals surface area contributed by atoms with E-state index in [-0.39, 0.29) is 25.2 Å². The summed E-state index contributed by atoms with van der Waals surface area (Å²) in [7, 11) is 0. The fraction of sp³-hybridized carbons (Fsp3) is 0.800. The van der Waals surface area contributed by atoms with E-state index in [1.807, 2.05) is 27.7 Å². The van der Waals surface area contributed by atoms with Gasteiger partial charge in [-0.25, -0.2) is 4.79 Å². The van der Waals surface area contributed by atoms with Crippen LogP contribution in [-0.4, -0.2) is 39.0 Å². The van der Waals surface area contributed by atoms with Crippen molar-refractivity contribution in [1.82, 2.24) is 10.1 Å². The van der Waals surface area contributed by atoms with Crippen molar-refractivity contribution in [3.05, 3.63) is 0 Å². The number of rotatable bonds is 3. The molecule has 7 nitrogen and oxygen atoms in total. The third-order valence-electron chi connectivity index (χ3n) is 4.33. The second-order valence-electron chi connectivity index (χ2n) is 7.44. The van der Waals surface area contributed by atoms with Gasteiger partial charge in [-0.15, -0.1) is 15.3 Å². The van der Waals surface area contributed by atoms with Gasteiger partial charge in [-0.3, -0.25) is 9.59 Å². The van der Waals surface area contributed by atoms with Gasteiger partial charge in [-0.2, -0.15) is 0 Å². The summed E-state index contributed by atoms with van der Waals surface area (Å²) in [4.78, 5) is 39.8. The molecule has 0 spiro atoms. The van der Waals surface area contributed by atoms with Gasteiger partial charge in [0.05, 0.1) is 6.42 Å². The molecule has 1 radical (unpaired) electrons. The SMILES string of the molecule is CC1(C)CC(CC(=O)ON2C(=O)CCC2=O)CC(C)(C)N1[O]. The van der Waals surface area contributed by atoms with Crippen LogP contribution in [0, 0.1) is 5.92 Å². The Kier molecular flexibility index (Phi) is 4.32. The van der Waals surface area contributed by atoms with E-state index in [9.17, 15) is 19.6 Å². The van der Waals surface area contributed by atoms with Crippen LogP contribution in [0.1, 0.15) is 59.8 Å². The highest BCUT2D eigenvalue weighted by molar-refractivity contribution is 6.01. The van der Waals surface area contributed by atoms with Gasteiger partial charge < -0.3 is 4.84 Å². The van der Waals surface area contributed by atoms with Crippen molar-refractivity contribution in [2.24, 2.45) is 5.92 Å². The molecule has 0 aliphatic carbocycles. The molecule has 0 atom stereocenters. The Morgan fingerprint density at radius 1 is 1.09 bits per heavy atom. The van der Waals surface area contributed by atoms with E-state index >= 15 is 0 Å².